The molecule has 0 aromatic heterocycles. The van der Waals surface area contributed by atoms with Gasteiger partial charge >= 0.3 is 0 Å². The number of ketones is 1. The number of hydrogen-bond acceptors (Lipinski definition) is 2. The van der Waals surface area contributed by atoms with E-state index in [0.29, 0.717) is 5.56 Å². The molecule has 1 fully saturated rings. The number of nitrogens with zero attached hydrogens (tertiary/aromatic N) is 1. The van der Waals surface area contributed by atoms with Gasteiger partial charge in [0.1, 0.15) is 0 Å². The van der Waals surface area contributed by atoms with Crippen molar-refractivity contribution in [3.63, 3.8) is 0 Å². The van der Waals surface area contributed by atoms with Crippen LogP contribution in [0.3, 0.4) is 0 Å². The Morgan fingerprint density at radius 3 is 2.58 bits per heavy atom. The van der Waals surface area contributed by atoms with Crippen LogP contribution in [0.25, 0.3) is 10.8 Å². The van der Waals surface area contributed by atoms with Crippen molar-refractivity contribution < 1.29 is 4.79 Å². The fourth-order valence-electron chi connectivity index (χ4n) is 2.45. The van der Waals surface area contributed by atoms with Gasteiger partial charge in [-0.25, -0.2) is 0 Å². The first-order valence-electron chi connectivity index (χ1n) is 6.63. The van der Waals surface area contributed by atoms with Gasteiger partial charge in [-0.15, -0.1) is 0 Å². The SMILES string of the molecule is O=C(C#CN1CCCC1)c1cccc2ccccc12. The number of rotatable bonds is 1. The Kier molecular flexibility index (Phi) is 3.20. The summed E-state index contributed by atoms with van der Waals surface area (Å²) in [6.07, 6.45) is 2.36. The molecule has 1 heterocycles. The second-order valence-electron chi connectivity index (χ2n) is 4.79. The zero-order valence-corrected chi connectivity index (χ0v) is 10.7. The fourth-order valence-corrected chi connectivity index (χ4v) is 2.45. The van der Waals surface area contributed by atoms with Gasteiger partial charge in [0.2, 0.25) is 5.78 Å². The van der Waals surface area contributed by atoms with Crippen LogP contribution >= 0.6 is 0 Å². The van der Waals surface area contributed by atoms with E-state index < -0.39 is 0 Å². The lowest BCUT2D eigenvalue weighted by Gasteiger charge is -2.05. The first-order chi connectivity index (χ1) is 9.34. The van der Waals surface area contributed by atoms with Crippen LogP contribution in [-0.2, 0) is 0 Å². The molecule has 1 aliphatic heterocycles. The maximum Gasteiger partial charge on any atom is 0.238 e. The van der Waals surface area contributed by atoms with E-state index in [0.717, 1.165) is 23.9 Å². The maximum atomic E-state index is 12.2. The molecule has 0 N–H and O–H groups in total. The summed E-state index contributed by atoms with van der Waals surface area (Å²) in [7, 11) is 0. The quantitative estimate of drug-likeness (QED) is 0.572. The smallest absolute Gasteiger partial charge is 0.238 e. The van der Waals surface area contributed by atoms with Crippen molar-refractivity contribution in [3.8, 4) is 12.0 Å². The summed E-state index contributed by atoms with van der Waals surface area (Å²) in [5, 5.41) is 2.06. The number of Topliss-reactive ketones (excluding diaryl/α,β-unsaturated/α-hetero) is 1. The molecule has 0 amide bonds. The highest BCUT2D eigenvalue weighted by molar-refractivity contribution is 6.16. The highest BCUT2D eigenvalue weighted by Crippen LogP contribution is 2.18. The molecule has 0 aliphatic carbocycles. The predicted molar refractivity (Wildman–Crippen MR) is 76.9 cm³/mol. The van der Waals surface area contributed by atoms with Crippen LogP contribution in [0.5, 0.6) is 0 Å². The number of fused-ring (bicyclic) bond motifs is 1. The van der Waals surface area contributed by atoms with E-state index in [1.807, 2.05) is 47.4 Å². The van der Waals surface area contributed by atoms with Crippen molar-refractivity contribution in [1.29, 1.82) is 0 Å². The van der Waals surface area contributed by atoms with Crippen LogP contribution in [0.4, 0.5) is 0 Å². The highest BCUT2D eigenvalue weighted by Gasteiger charge is 2.09. The molecule has 0 saturated carbocycles. The average molecular weight is 249 g/mol. The van der Waals surface area contributed by atoms with Gasteiger partial charge in [-0.05, 0) is 35.6 Å². The van der Waals surface area contributed by atoms with E-state index in [-0.39, 0.29) is 5.78 Å². The number of benzene rings is 2. The van der Waals surface area contributed by atoms with E-state index in [9.17, 15) is 4.79 Å². The van der Waals surface area contributed by atoms with Crippen molar-refractivity contribution in [2.45, 2.75) is 12.8 Å². The first-order valence-corrected chi connectivity index (χ1v) is 6.63. The molecule has 2 aromatic carbocycles. The zero-order chi connectivity index (χ0) is 13.1. The average Bonchev–Trinajstić information content (AvgIpc) is 2.97. The molecule has 2 aromatic rings. The van der Waals surface area contributed by atoms with Gasteiger partial charge in [0.15, 0.2) is 0 Å². The molecule has 0 unspecified atom stereocenters. The minimum absolute atomic E-state index is 0.0938. The largest absolute Gasteiger partial charge is 0.332 e. The van der Waals surface area contributed by atoms with Crippen molar-refractivity contribution in [1.82, 2.24) is 4.90 Å². The summed E-state index contributed by atoms with van der Waals surface area (Å²) in [5.74, 6) is 2.68. The second kappa shape index (κ2) is 5.16. The lowest BCUT2D eigenvalue weighted by Crippen LogP contribution is -2.12. The van der Waals surface area contributed by atoms with Crippen molar-refractivity contribution in [2.24, 2.45) is 0 Å². The van der Waals surface area contributed by atoms with E-state index in [4.69, 9.17) is 0 Å². The van der Waals surface area contributed by atoms with Crippen LogP contribution < -0.4 is 0 Å². The number of carbonyl (C=O) groups excluding carboxylic acids is 1. The summed E-state index contributed by atoms with van der Waals surface area (Å²) in [6, 6.07) is 16.7. The van der Waals surface area contributed by atoms with Crippen molar-refractivity contribution in [3.05, 3.63) is 48.0 Å². The van der Waals surface area contributed by atoms with E-state index in [1.165, 1.54) is 12.8 Å². The summed E-state index contributed by atoms with van der Waals surface area (Å²) >= 11 is 0. The standard InChI is InChI=1S/C17H15NO/c19-17(10-13-18-11-3-4-12-18)16-9-5-7-14-6-1-2-8-15(14)16/h1-2,5-9H,3-4,11-12H2. The van der Waals surface area contributed by atoms with Crippen molar-refractivity contribution in [2.75, 3.05) is 13.1 Å². The molecular formula is C17H15NO. The van der Waals surface area contributed by atoms with Gasteiger partial charge in [0, 0.05) is 24.7 Å². The monoisotopic (exact) mass is 249 g/mol. The molecule has 94 valence electrons. The Labute approximate surface area is 113 Å². The normalized spacial score (nSPS) is 14.2. The molecule has 3 rings (SSSR count). The van der Waals surface area contributed by atoms with Crippen LogP contribution in [0.2, 0.25) is 0 Å². The summed E-state index contributed by atoms with van der Waals surface area (Å²) < 4.78 is 0. The fraction of sp³-hybridized carbons (Fsp3) is 0.235. The Hall–Kier alpha value is -2.27. The lowest BCUT2D eigenvalue weighted by atomic mass is 10.0. The topological polar surface area (TPSA) is 20.3 Å². The Morgan fingerprint density at radius 1 is 1.00 bits per heavy atom. The summed E-state index contributed by atoms with van der Waals surface area (Å²) in [5.41, 5.74) is 0.699. The third-order valence-corrected chi connectivity index (χ3v) is 3.47. The van der Waals surface area contributed by atoms with Crippen LogP contribution in [0.1, 0.15) is 23.2 Å². The summed E-state index contributed by atoms with van der Waals surface area (Å²) in [4.78, 5) is 14.2. The van der Waals surface area contributed by atoms with E-state index in [2.05, 4.69) is 12.0 Å². The molecule has 0 radical (unpaired) electrons. The molecule has 2 heteroatoms. The molecule has 0 bridgehead atoms. The molecule has 0 spiro atoms. The molecule has 0 atom stereocenters. The molecule has 2 nitrogen and oxygen atoms in total. The predicted octanol–water partition coefficient (Wildman–Crippen LogP) is 3.08. The second-order valence-corrected chi connectivity index (χ2v) is 4.79. The van der Waals surface area contributed by atoms with Crippen LogP contribution in [0, 0.1) is 12.0 Å². The Balaban J connectivity index is 1.93. The minimum Gasteiger partial charge on any atom is -0.332 e. The van der Waals surface area contributed by atoms with Gasteiger partial charge in [0.25, 0.3) is 0 Å². The van der Waals surface area contributed by atoms with Gasteiger partial charge in [-0.3, -0.25) is 4.79 Å². The molecular weight excluding hydrogens is 234 g/mol. The third-order valence-electron chi connectivity index (χ3n) is 3.47. The zero-order valence-electron chi connectivity index (χ0n) is 10.7. The van der Waals surface area contributed by atoms with Gasteiger partial charge < -0.3 is 4.90 Å². The highest BCUT2D eigenvalue weighted by atomic mass is 16.1. The van der Waals surface area contributed by atoms with Crippen molar-refractivity contribution >= 4 is 16.6 Å². The molecule has 1 saturated heterocycles. The number of hydrogen-bond donors (Lipinski definition) is 0. The van der Waals surface area contributed by atoms with Gasteiger partial charge in [-0.1, -0.05) is 36.4 Å². The van der Waals surface area contributed by atoms with E-state index in [1.54, 1.807) is 0 Å². The number of carbonyl (C=O) groups is 1. The Bertz CT molecular complexity index is 667. The lowest BCUT2D eigenvalue weighted by molar-refractivity contribution is 0.105. The maximum absolute atomic E-state index is 12.2. The third kappa shape index (κ3) is 2.46. The van der Waals surface area contributed by atoms with Crippen LogP contribution in [-0.4, -0.2) is 23.8 Å². The van der Waals surface area contributed by atoms with E-state index >= 15 is 0 Å². The molecule has 19 heavy (non-hydrogen) atoms. The van der Waals surface area contributed by atoms with Crippen LogP contribution in [0.15, 0.2) is 42.5 Å². The van der Waals surface area contributed by atoms with Gasteiger partial charge in [0.05, 0.1) is 0 Å². The summed E-state index contributed by atoms with van der Waals surface area (Å²) in [6.45, 7) is 1.96. The number of likely N-dealkylation sites (tertiary alicyclic amines) is 1. The first kappa shape index (κ1) is 11.8. The Morgan fingerprint density at radius 2 is 1.74 bits per heavy atom. The minimum atomic E-state index is -0.0938. The van der Waals surface area contributed by atoms with Gasteiger partial charge in [-0.2, -0.15) is 0 Å². The molecule has 1 aliphatic rings.